The Morgan fingerprint density at radius 2 is 1.85 bits per heavy atom. The lowest BCUT2D eigenvalue weighted by Gasteiger charge is -2.46. The molecule has 0 aromatic heterocycles. The molecule has 2 saturated heterocycles. The summed E-state index contributed by atoms with van der Waals surface area (Å²) in [7, 11) is 0. The number of carbonyl (C=O) groups excluding carboxylic acids is 1. The van der Waals surface area contributed by atoms with E-state index >= 15 is 0 Å². The minimum Gasteiger partial charge on any atom is -0.507 e. The average Bonchev–Trinajstić information content (AvgIpc) is 3.32. The van der Waals surface area contributed by atoms with Gasteiger partial charge in [-0.1, -0.05) is 27.7 Å². The number of rotatable bonds is 12. The van der Waals surface area contributed by atoms with Crippen molar-refractivity contribution < 1.29 is 39.5 Å². The highest BCUT2D eigenvalue weighted by molar-refractivity contribution is 5.95. The van der Waals surface area contributed by atoms with Crippen LogP contribution in [0, 0.1) is 24.7 Å². The molecule has 0 aliphatic carbocycles. The van der Waals surface area contributed by atoms with Crippen LogP contribution in [0.2, 0.25) is 0 Å². The number of ether oxygens (including phenoxy) is 2. The molecule has 1 aromatic rings. The number of aliphatic hydroxyl groups excluding tert-OH is 1. The van der Waals surface area contributed by atoms with Gasteiger partial charge in [-0.05, 0) is 95.2 Å². The Hall–Kier alpha value is -2.20. The molecule has 2 aliphatic heterocycles. The number of hydrogen-bond acceptors (Lipinski definition) is 8. The molecular formula is C32H51NO8. The van der Waals surface area contributed by atoms with Crippen molar-refractivity contribution in [2.24, 2.45) is 17.8 Å². The van der Waals surface area contributed by atoms with Crippen molar-refractivity contribution >= 4 is 17.4 Å². The van der Waals surface area contributed by atoms with Crippen LogP contribution in [0.3, 0.4) is 0 Å². The van der Waals surface area contributed by atoms with Crippen LogP contribution in [0.4, 0.5) is 5.69 Å². The number of carboxylic acids is 1. The largest absolute Gasteiger partial charge is 0.507 e. The van der Waals surface area contributed by atoms with Crippen molar-refractivity contribution in [1.82, 2.24) is 0 Å². The van der Waals surface area contributed by atoms with Gasteiger partial charge in [0.25, 0.3) is 0 Å². The molecule has 0 amide bonds. The molecule has 0 spiro atoms. The van der Waals surface area contributed by atoms with Crippen molar-refractivity contribution in [3.63, 3.8) is 0 Å². The van der Waals surface area contributed by atoms with E-state index in [0.29, 0.717) is 43.2 Å². The Bertz CT molecular complexity index is 1110. The molecule has 3 rings (SSSR count). The lowest BCUT2D eigenvalue weighted by molar-refractivity contribution is -0.224. The van der Waals surface area contributed by atoms with Crippen LogP contribution >= 0.6 is 0 Å². The fourth-order valence-corrected chi connectivity index (χ4v) is 6.91. The number of aromatic carboxylic acids is 1. The molecule has 9 unspecified atom stereocenters. The fourth-order valence-electron chi connectivity index (χ4n) is 6.91. The average molecular weight is 578 g/mol. The first-order valence-corrected chi connectivity index (χ1v) is 15.2. The van der Waals surface area contributed by atoms with Gasteiger partial charge >= 0.3 is 5.97 Å². The maximum Gasteiger partial charge on any atom is 0.339 e. The first-order valence-electron chi connectivity index (χ1n) is 15.2. The highest BCUT2D eigenvalue weighted by Gasteiger charge is 2.51. The molecule has 2 heterocycles. The van der Waals surface area contributed by atoms with Crippen molar-refractivity contribution in [3.8, 4) is 5.75 Å². The smallest absolute Gasteiger partial charge is 0.339 e. The van der Waals surface area contributed by atoms with Gasteiger partial charge in [0.05, 0.1) is 35.6 Å². The molecule has 9 atom stereocenters. The predicted molar refractivity (Wildman–Crippen MR) is 157 cm³/mol. The third-order valence-electron chi connectivity index (χ3n) is 10.1. The fraction of sp³-hybridized carbons (Fsp3) is 0.750. The number of nitrogens with two attached hydrogens (primary N) is 1. The standard InChI is InChI=1S/C32H51NO8/c1-8-21(24-12-14-31(7,41-24)25-13-15-32(39,9-2)20(6)40-25)29(36)19(5)27(34)17(3)10-11-22-23(33)16-18(4)28(35)26(22)30(37)38/h16-17,19-21,24-25,27,34-35,39H,8-15,33H2,1-7H3,(H,37,38). The summed E-state index contributed by atoms with van der Waals surface area (Å²) in [5, 5.41) is 41.9. The maximum absolute atomic E-state index is 13.7. The Labute approximate surface area is 244 Å². The summed E-state index contributed by atoms with van der Waals surface area (Å²) in [5.74, 6) is -2.93. The van der Waals surface area contributed by atoms with E-state index in [1.807, 2.05) is 34.6 Å². The van der Waals surface area contributed by atoms with Crippen LogP contribution in [0.5, 0.6) is 5.75 Å². The number of carboxylic acid groups (broad SMARTS) is 1. The van der Waals surface area contributed by atoms with Crippen LogP contribution in [-0.4, -0.2) is 67.8 Å². The van der Waals surface area contributed by atoms with E-state index in [-0.39, 0.29) is 59.4 Å². The van der Waals surface area contributed by atoms with Crippen molar-refractivity contribution in [2.75, 3.05) is 5.73 Å². The van der Waals surface area contributed by atoms with Crippen LogP contribution in [0.15, 0.2) is 6.07 Å². The monoisotopic (exact) mass is 577 g/mol. The van der Waals surface area contributed by atoms with Crippen LogP contribution in [0.1, 0.15) is 108 Å². The van der Waals surface area contributed by atoms with E-state index in [9.17, 15) is 30.0 Å². The van der Waals surface area contributed by atoms with Crippen LogP contribution < -0.4 is 5.73 Å². The Morgan fingerprint density at radius 1 is 1.20 bits per heavy atom. The number of hydrogen-bond donors (Lipinski definition) is 5. The summed E-state index contributed by atoms with van der Waals surface area (Å²) in [4.78, 5) is 25.5. The summed E-state index contributed by atoms with van der Waals surface area (Å²) < 4.78 is 12.8. The first-order chi connectivity index (χ1) is 19.1. The quantitative estimate of drug-likeness (QED) is 0.174. The van der Waals surface area contributed by atoms with Gasteiger partial charge in [-0.25, -0.2) is 4.79 Å². The maximum atomic E-state index is 13.7. The summed E-state index contributed by atoms with van der Waals surface area (Å²) in [5.41, 5.74) is 5.53. The molecule has 0 saturated carbocycles. The molecule has 2 fully saturated rings. The summed E-state index contributed by atoms with van der Waals surface area (Å²) in [6.07, 6.45) is 3.02. The molecule has 1 aromatic carbocycles. The highest BCUT2D eigenvalue weighted by Crippen LogP contribution is 2.44. The van der Waals surface area contributed by atoms with Crippen molar-refractivity contribution in [3.05, 3.63) is 22.8 Å². The van der Waals surface area contributed by atoms with Crippen LogP contribution in [-0.2, 0) is 20.7 Å². The third-order valence-corrected chi connectivity index (χ3v) is 10.1. The van der Waals surface area contributed by atoms with Crippen molar-refractivity contribution in [1.29, 1.82) is 0 Å². The molecule has 0 radical (unpaired) electrons. The molecule has 6 N–H and O–H groups in total. The van der Waals surface area contributed by atoms with Gasteiger partial charge in [-0.3, -0.25) is 4.79 Å². The lowest BCUT2D eigenvalue weighted by Crippen LogP contribution is -2.54. The van der Waals surface area contributed by atoms with E-state index < -0.39 is 29.2 Å². The molecule has 0 bridgehead atoms. The van der Waals surface area contributed by atoms with Gasteiger partial charge in [0, 0.05) is 17.5 Å². The second kappa shape index (κ2) is 13.0. The van der Waals surface area contributed by atoms with E-state index in [2.05, 4.69) is 0 Å². The number of carbonyl (C=O) groups is 2. The van der Waals surface area contributed by atoms with Crippen molar-refractivity contribution in [2.45, 2.75) is 135 Å². The van der Waals surface area contributed by atoms with Gasteiger partial charge in [0.15, 0.2) is 0 Å². The number of anilines is 1. The third kappa shape index (κ3) is 6.74. The minimum absolute atomic E-state index is 0.0434. The Morgan fingerprint density at radius 3 is 2.41 bits per heavy atom. The Balaban J connectivity index is 1.64. The van der Waals surface area contributed by atoms with E-state index in [1.165, 1.54) is 0 Å². The number of aryl methyl sites for hydroxylation is 1. The summed E-state index contributed by atoms with van der Waals surface area (Å²) in [6, 6.07) is 1.55. The number of aliphatic hydroxyl groups is 2. The molecule has 9 heteroatoms. The highest BCUT2D eigenvalue weighted by atomic mass is 16.6. The topological polar surface area (TPSA) is 160 Å². The number of benzene rings is 1. The number of Topliss-reactive ketones (excluding diaryl/α,β-unsaturated/α-hetero) is 1. The minimum atomic E-state index is -1.26. The predicted octanol–water partition coefficient (Wildman–Crippen LogP) is 4.79. The number of aromatic hydroxyl groups is 1. The second-order valence-electron chi connectivity index (χ2n) is 12.8. The number of nitrogen functional groups attached to an aromatic ring is 1. The molecule has 232 valence electrons. The SMILES string of the molecule is CCC(C(=O)C(C)C(O)C(C)CCc1c(N)cc(C)c(O)c1C(=O)O)C1CCC(C)(C2CCC(O)(CC)C(C)O2)O1. The molecular weight excluding hydrogens is 526 g/mol. The van der Waals surface area contributed by atoms with Gasteiger partial charge < -0.3 is 35.6 Å². The second-order valence-corrected chi connectivity index (χ2v) is 12.8. The summed E-state index contributed by atoms with van der Waals surface area (Å²) in [6.45, 7) is 13.1. The normalized spacial score (nSPS) is 31.4. The first kappa shape index (κ1) is 33.3. The molecule has 41 heavy (non-hydrogen) atoms. The lowest BCUT2D eigenvalue weighted by atomic mass is 9.79. The Kier molecular flexibility index (Phi) is 10.5. The van der Waals surface area contributed by atoms with E-state index in [1.54, 1.807) is 19.9 Å². The van der Waals surface area contributed by atoms with E-state index in [0.717, 1.165) is 12.8 Å². The molecule has 2 aliphatic rings. The van der Waals surface area contributed by atoms with Gasteiger partial charge in [0.2, 0.25) is 0 Å². The van der Waals surface area contributed by atoms with E-state index in [4.69, 9.17) is 15.2 Å². The van der Waals surface area contributed by atoms with Gasteiger partial charge in [0.1, 0.15) is 17.1 Å². The van der Waals surface area contributed by atoms with Crippen LogP contribution in [0.25, 0.3) is 0 Å². The zero-order valence-corrected chi connectivity index (χ0v) is 25.8. The number of phenols is 1. The van der Waals surface area contributed by atoms with Gasteiger partial charge in [-0.15, -0.1) is 0 Å². The van der Waals surface area contributed by atoms with Gasteiger partial charge in [-0.2, -0.15) is 0 Å². The zero-order valence-electron chi connectivity index (χ0n) is 25.8. The summed E-state index contributed by atoms with van der Waals surface area (Å²) >= 11 is 0. The molecule has 9 nitrogen and oxygen atoms in total. The number of ketones is 1. The zero-order chi connectivity index (χ0) is 30.9.